The van der Waals surface area contributed by atoms with Crippen LogP contribution in [0.3, 0.4) is 0 Å². The van der Waals surface area contributed by atoms with Crippen LogP contribution in [0.5, 0.6) is 0 Å². The van der Waals surface area contributed by atoms with Gasteiger partial charge < -0.3 is 5.11 Å². The summed E-state index contributed by atoms with van der Waals surface area (Å²) in [4.78, 5) is 10.9. The number of aromatic carboxylic acids is 1. The molecule has 106 valence electrons. The van der Waals surface area contributed by atoms with E-state index >= 15 is 0 Å². The predicted molar refractivity (Wildman–Crippen MR) is 83.9 cm³/mol. The van der Waals surface area contributed by atoms with Gasteiger partial charge in [-0.2, -0.15) is 0 Å². The van der Waals surface area contributed by atoms with Gasteiger partial charge in [-0.3, -0.25) is 4.72 Å². The van der Waals surface area contributed by atoms with Gasteiger partial charge in [0.15, 0.2) is 0 Å². The highest BCUT2D eigenvalue weighted by molar-refractivity contribution is 9.12. The Labute approximate surface area is 135 Å². The van der Waals surface area contributed by atoms with Gasteiger partial charge in [-0.1, -0.05) is 6.07 Å². The highest BCUT2D eigenvalue weighted by atomic mass is 79.9. The zero-order valence-corrected chi connectivity index (χ0v) is 14.4. The quantitative estimate of drug-likeness (QED) is 0.757. The molecule has 0 amide bonds. The summed E-state index contributed by atoms with van der Waals surface area (Å²) in [6.07, 6.45) is 0. The molecule has 20 heavy (non-hydrogen) atoms. The molecule has 0 spiro atoms. The number of halogens is 2. The lowest BCUT2D eigenvalue weighted by molar-refractivity contribution is 0.0697. The van der Waals surface area contributed by atoms with E-state index in [0.717, 1.165) is 0 Å². The van der Waals surface area contributed by atoms with Crippen molar-refractivity contribution in [2.45, 2.75) is 4.90 Å². The van der Waals surface area contributed by atoms with Crippen molar-refractivity contribution in [3.63, 3.8) is 0 Å². The van der Waals surface area contributed by atoms with Crippen molar-refractivity contribution in [3.8, 4) is 0 Å². The molecule has 0 saturated heterocycles. The van der Waals surface area contributed by atoms with Crippen LogP contribution in [0, 0.1) is 0 Å². The molecule has 2 aromatic rings. The average Bonchev–Trinajstić information content (AvgIpc) is 2.69. The topological polar surface area (TPSA) is 83.5 Å². The van der Waals surface area contributed by atoms with E-state index in [1.54, 1.807) is 0 Å². The van der Waals surface area contributed by atoms with Crippen LogP contribution in [0.1, 0.15) is 10.4 Å². The van der Waals surface area contributed by atoms with Crippen molar-refractivity contribution < 1.29 is 18.3 Å². The molecule has 1 heterocycles. The molecule has 9 heteroatoms. The number of carboxylic acid groups (broad SMARTS) is 1. The number of benzene rings is 1. The Hall–Kier alpha value is -0.900. The van der Waals surface area contributed by atoms with Gasteiger partial charge >= 0.3 is 5.97 Å². The van der Waals surface area contributed by atoms with Gasteiger partial charge in [0.1, 0.15) is 4.90 Å². The number of nitrogens with one attached hydrogen (secondary N) is 1. The van der Waals surface area contributed by atoms with Gasteiger partial charge in [-0.25, -0.2) is 13.2 Å². The molecule has 1 aromatic heterocycles. The fourth-order valence-electron chi connectivity index (χ4n) is 1.43. The Kier molecular flexibility index (Phi) is 4.52. The molecule has 0 unspecified atom stereocenters. The summed E-state index contributed by atoms with van der Waals surface area (Å²) in [6.45, 7) is 0. The van der Waals surface area contributed by atoms with Gasteiger partial charge in [0.2, 0.25) is 0 Å². The molecule has 0 saturated carbocycles. The smallest absolute Gasteiger partial charge is 0.335 e. The summed E-state index contributed by atoms with van der Waals surface area (Å²) < 4.78 is 27.9. The number of anilines is 1. The number of hydrogen-bond acceptors (Lipinski definition) is 4. The summed E-state index contributed by atoms with van der Waals surface area (Å²) in [5.74, 6) is -1.12. The van der Waals surface area contributed by atoms with Crippen molar-refractivity contribution >= 4 is 64.9 Å². The largest absolute Gasteiger partial charge is 0.478 e. The number of hydrogen-bond donors (Lipinski definition) is 2. The standard InChI is InChI=1S/C11H7Br2NO4S2/c12-9-5-8(10(13)19-9)20(17,18)14-7-3-1-2-6(4-7)11(15)16/h1-5,14H,(H,15,16). The van der Waals surface area contributed by atoms with Crippen molar-refractivity contribution in [2.24, 2.45) is 0 Å². The van der Waals surface area contributed by atoms with E-state index in [2.05, 4.69) is 36.6 Å². The predicted octanol–water partition coefficient (Wildman–Crippen LogP) is 3.77. The lowest BCUT2D eigenvalue weighted by atomic mass is 10.2. The van der Waals surface area contributed by atoms with Crippen molar-refractivity contribution in [1.29, 1.82) is 0 Å². The monoisotopic (exact) mass is 439 g/mol. The molecule has 0 aliphatic rings. The maximum absolute atomic E-state index is 12.2. The highest BCUT2D eigenvalue weighted by Gasteiger charge is 2.21. The summed E-state index contributed by atoms with van der Waals surface area (Å²) in [5, 5.41) is 8.88. The fourth-order valence-corrected chi connectivity index (χ4v) is 6.30. The van der Waals surface area contributed by atoms with Crippen LogP contribution in [-0.2, 0) is 10.0 Å². The van der Waals surface area contributed by atoms with E-state index in [1.165, 1.54) is 41.7 Å². The molecule has 0 fully saturated rings. The first-order chi connectivity index (χ1) is 9.29. The summed E-state index contributed by atoms with van der Waals surface area (Å²) in [6, 6.07) is 7.07. The number of carbonyl (C=O) groups is 1. The lowest BCUT2D eigenvalue weighted by Gasteiger charge is -2.07. The molecule has 5 nitrogen and oxygen atoms in total. The van der Waals surface area contributed by atoms with E-state index in [1.807, 2.05) is 0 Å². The van der Waals surface area contributed by atoms with Crippen LogP contribution < -0.4 is 4.72 Å². The maximum Gasteiger partial charge on any atom is 0.335 e. The SMILES string of the molecule is O=C(O)c1cccc(NS(=O)(=O)c2cc(Br)sc2Br)c1. The zero-order valence-electron chi connectivity index (χ0n) is 9.63. The molecule has 0 atom stereocenters. The molecule has 0 aliphatic carbocycles. The zero-order chi connectivity index (χ0) is 14.9. The molecular formula is C11H7Br2NO4S2. The van der Waals surface area contributed by atoms with Crippen molar-refractivity contribution in [3.05, 3.63) is 43.5 Å². The minimum absolute atomic E-state index is 0.00997. The Balaban J connectivity index is 2.36. The van der Waals surface area contributed by atoms with E-state index in [0.29, 0.717) is 7.57 Å². The Morgan fingerprint density at radius 3 is 2.50 bits per heavy atom. The maximum atomic E-state index is 12.2. The molecule has 0 aliphatic heterocycles. The fraction of sp³-hybridized carbons (Fsp3) is 0. The van der Waals surface area contributed by atoms with Gasteiger partial charge in [0, 0.05) is 5.69 Å². The van der Waals surface area contributed by atoms with Crippen LogP contribution in [0.2, 0.25) is 0 Å². The van der Waals surface area contributed by atoms with Crippen LogP contribution in [0.15, 0.2) is 42.8 Å². The number of thiophene rings is 1. The van der Waals surface area contributed by atoms with Crippen LogP contribution in [0.4, 0.5) is 5.69 Å². The van der Waals surface area contributed by atoms with E-state index in [9.17, 15) is 13.2 Å². The first-order valence-electron chi connectivity index (χ1n) is 5.10. The second-order valence-corrected chi connectivity index (χ2v) is 9.08. The minimum Gasteiger partial charge on any atom is -0.478 e. The Bertz CT molecular complexity index is 770. The number of rotatable bonds is 4. The first kappa shape index (κ1) is 15.5. The lowest BCUT2D eigenvalue weighted by Crippen LogP contribution is -2.13. The number of sulfonamides is 1. The second kappa shape index (κ2) is 5.84. The third kappa shape index (κ3) is 3.40. The van der Waals surface area contributed by atoms with E-state index in [4.69, 9.17) is 5.11 Å². The summed E-state index contributed by atoms with van der Waals surface area (Å²) in [7, 11) is -3.78. The van der Waals surface area contributed by atoms with Gasteiger partial charge in [-0.05, 0) is 56.1 Å². The van der Waals surface area contributed by atoms with Gasteiger partial charge in [0.05, 0.1) is 13.1 Å². The summed E-state index contributed by atoms with van der Waals surface area (Å²) >= 11 is 7.62. The second-order valence-electron chi connectivity index (χ2n) is 3.68. The molecule has 0 bridgehead atoms. The van der Waals surface area contributed by atoms with Gasteiger partial charge in [-0.15, -0.1) is 11.3 Å². The Morgan fingerprint density at radius 1 is 1.25 bits per heavy atom. The van der Waals surface area contributed by atoms with Crippen molar-refractivity contribution in [2.75, 3.05) is 4.72 Å². The molecule has 0 radical (unpaired) electrons. The molecular weight excluding hydrogens is 434 g/mol. The molecule has 2 N–H and O–H groups in total. The Morgan fingerprint density at radius 2 is 1.95 bits per heavy atom. The van der Waals surface area contributed by atoms with Crippen LogP contribution in [0.25, 0.3) is 0 Å². The summed E-state index contributed by atoms with van der Waals surface area (Å²) in [5.41, 5.74) is 0.204. The minimum atomic E-state index is -3.78. The third-order valence-electron chi connectivity index (χ3n) is 2.28. The van der Waals surface area contributed by atoms with Gasteiger partial charge in [0.25, 0.3) is 10.0 Å². The van der Waals surface area contributed by atoms with Crippen LogP contribution in [-0.4, -0.2) is 19.5 Å². The third-order valence-corrected chi connectivity index (χ3v) is 6.41. The normalized spacial score (nSPS) is 11.3. The number of carboxylic acids is 1. The average molecular weight is 441 g/mol. The first-order valence-corrected chi connectivity index (χ1v) is 8.99. The van der Waals surface area contributed by atoms with Crippen molar-refractivity contribution in [1.82, 2.24) is 0 Å². The van der Waals surface area contributed by atoms with E-state index < -0.39 is 16.0 Å². The molecule has 1 aromatic carbocycles. The van der Waals surface area contributed by atoms with E-state index in [-0.39, 0.29) is 16.1 Å². The van der Waals surface area contributed by atoms with Crippen LogP contribution >= 0.6 is 43.2 Å². The molecule has 2 rings (SSSR count). The highest BCUT2D eigenvalue weighted by Crippen LogP contribution is 2.35.